The molecule has 0 N–H and O–H groups in total. The first-order valence-corrected chi connectivity index (χ1v) is 17.2. The molecule has 0 bridgehead atoms. The second kappa shape index (κ2) is 14.5. The lowest BCUT2D eigenvalue weighted by molar-refractivity contribution is -0.133. The van der Waals surface area contributed by atoms with Crippen molar-refractivity contribution in [3.63, 3.8) is 0 Å². The fourth-order valence-electron chi connectivity index (χ4n) is 6.99. The Balaban J connectivity index is 1.04. The molecule has 5 amide bonds. The number of nitrogens with zero attached hydrogens (tertiary/aromatic N) is 6. The van der Waals surface area contributed by atoms with Crippen molar-refractivity contribution < 1.29 is 23.9 Å². The lowest BCUT2D eigenvalue weighted by Crippen LogP contribution is -2.50. The molecule has 0 spiro atoms. The van der Waals surface area contributed by atoms with E-state index in [0.29, 0.717) is 44.7 Å². The Bertz CT molecular complexity index is 2020. The molecule has 51 heavy (non-hydrogen) atoms. The lowest BCUT2D eigenvalue weighted by atomic mass is 9.86. The highest BCUT2D eigenvalue weighted by Gasteiger charge is 2.55. The van der Waals surface area contributed by atoms with Crippen LogP contribution in [0.3, 0.4) is 0 Å². The second-order valence-corrected chi connectivity index (χ2v) is 13.1. The predicted octanol–water partition coefficient (Wildman–Crippen LogP) is 5.90. The van der Waals surface area contributed by atoms with E-state index in [-0.39, 0.29) is 37.5 Å². The molecule has 0 saturated carbocycles. The number of benzene rings is 4. The molecule has 1 unspecified atom stereocenters. The van der Waals surface area contributed by atoms with Gasteiger partial charge in [0.15, 0.2) is 0 Å². The SMILES string of the molecule is CC1(c2cccc3ccccc23)C(=O)N(CCCn2ccnc2)C(=O)N1Cc1ccc(C(=O)N2CCN(C(=O)OCc3ccccc3)CC2)cc1. The van der Waals surface area contributed by atoms with Crippen LogP contribution in [0.1, 0.15) is 40.4 Å². The number of aryl methyl sites for hydroxylation is 1. The van der Waals surface area contributed by atoms with Crippen molar-refractivity contribution in [3.8, 4) is 0 Å². The monoisotopic (exact) mass is 684 g/mol. The van der Waals surface area contributed by atoms with Crippen LogP contribution in [0.15, 0.2) is 116 Å². The van der Waals surface area contributed by atoms with E-state index in [2.05, 4.69) is 4.98 Å². The molecular weight excluding hydrogens is 644 g/mol. The first-order chi connectivity index (χ1) is 24.8. The van der Waals surface area contributed by atoms with Crippen molar-refractivity contribution >= 4 is 34.7 Å². The highest BCUT2D eigenvalue weighted by atomic mass is 16.6. The maximum Gasteiger partial charge on any atom is 0.410 e. The number of hydrogen-bond acceptors (Lipinski definition) is 6. The summed E-state index contributed by atoms with van der Waals surface area (Å²) < 4.78 is 7.39. The molecule has 4 aromatic carbocycles. The van der Waals surface area contributed by atoms with Gasteiger partial charge in [0.05, 0.1) is 6.33 Å². The van der Waals surface area contributed by atoms with Crippen LogP contribution < -0.4 is 0 Å². The Hall–Kier alpha value is -5.97. The van der Waals surface area contributed by atoms with Gasteiger partial charge in [0.1, 0.15) is 12.1 Å². The van der Waals surface area contributed by atoms with Gasteiger partial charge in [-0.1, -0.05) is 84.9 Å². The molecule has 260 valence electrons. The third kappa shape index (κ3) is 6.79. The minimum atomic E-state index is -1.25. The van der Waals surface area contributed by atoms with Gasteiger partial charge in [-0.05, 0) is 52.9 Å². The van der Waals surface area contributed by atoms with Gasteiger partial charge in [-0.25, -0.2) is 14.6 Å². The zero-order chi connectivity index (χ0) is 35.4. The number of carbonyl (C=O) groups excluding carboxylic acids is 4. The maximum atomic E-state index is 14.3. The molecule has 11 nitrogen and oxygen atoms in total. The molecule has 5 aromatic rings. The van der Waals surface area contributed by atoms with Crippen molar-refractivity contribution in [2.24, 2.45) is 0 Å². The van der Waals surface area contributed by atoms with Gasteiger partial charge in [-0.15, -0.1) is 0 Å². The smallest absolute Gasteiger partial charge is 0.410 e. The van der Waals surface area contributed by atoms with Crippen LogP contribution in [-0.4, -0.2) is 85.8 Å². The zero-order valence-electron chi connectivity index (χ0n) is 28.6. The number of imide groups is 1. The van der Waals surface area contributed by atoms with E-state index < -0.39 is 11.6 Å². The van der Waals surface area contributed by atoms with Gasteiger partial charge in [0.25, 0.3) is 11.8 Å². The molecule has 7 rings (SSSR count). The Morgan fingerprint density at radius 2 is 1.49 bits per heavy atom. The van der Waals surface area contributed by atoms with Gasteiger partial charge in [0.2, 0.25) is 0 Å². The minimum absolute atomic E-state index is 0.129. The summed E-state index contributed by atoms with van der Waals surface area (Å²) in [7, 11) is 0. The highest BCUT2D eigenvalue weighted by molar-refractivity contribution is 6.09. The summed E-state index contributed by atoms with van der Waals surface area (Å²) in [6.45, 7) is 4.68. The molecule has 2 aliphatic rings. The number of aromatic nitrogens is 2. The summed E-state index contributed by atoms with van der Waals surface area (Å²) in [4.78, 5) is 65.0. The number of ether oxygens (including phenoxy) is 1. The van der Waals surface area contributed by atoms with Crippen molar-refractivity contribution in [2.75, 3.05) is 32.7 Å². The fourth-order valence-corrected chi connectivity index (χ4v) is 6.99. The second-order valence-electron chi connectivity index (χ2n) is 13.1. The Labute approximate surface area is 296 Å². The van der Waals surface area contributed by atoms with Gasteiger partial charge in [-0.2, -0.15) is 0 Å². The number of carbonyl (C=O) groups is 4. The van der Waals surface area contributed by atoms with Crippen LogP contribution in [0, 0.1) is 0 Å². The van der Waals surface area contributed by atoms with Crippen molar-refractivity contribution in [2.45, 2.75) is 38.6 Å². The van der Waals surface area contributed by atoms with E-state index in [1.807, 2.05) is 103 Å². The highest BCUT2D eigenvalue weighted by Crippen LogP contribution is 2.41. The number of amides is 5. The molecule has 2 saturated heterocycles. The van der Waals surface area contributed by atoms with Gasteiger partial charge >= 0.3 is 12.1 Å². The molecule has 2 aliphatic heterocycles. The number of urea groups is 1. The average molecular weight is 685 g/mol. The van der Waals surface area contributed by atoms with Crippen LogP contribution in [0.4, 0.5) is 9.59 Å². The van der Waals surface area contributed by atoms with Crippen LogP contribution in [0.2, 0.25) is 0 Å². The Morgan fingerprint density at radius 1 is 0.784 bits per heavy atom. The molecular formula is C40H40N6O5. The first-order valence-electron chi connectivity index (χ1n) is 17.2. The zero-order valence-corrected chi connectivity index (χ0v) is 28.6. The molecule has 3 heterocycles. The predicted molar refractivity (Wildman–Crippen MR) is 191 cm³/mol. The largest absolute Gasteiger partial charge is 0.445 e. The number of rotatable bonds is 10. The molecule has 0 aliphatic carbocycles. The van der Waals surface area contributed by atoms with Crippen LogP contribution in [0.25, 0.3) is 10.8 Å². The topological polar surface area (TPSA) is 108 Å². The Morgan fingerprint density at radius 3 is 2.24 bits per heavy atom. The van der Waals surface area contributed by atoms with E-state index in [0.717, 1.165) is 27.5 Å². The number of fused-ring (bicyclic) bond motifs is 1. The maximum absolute atomic E-state index is 14.3. The third-order valence-electron chi connectivity index (χ3n) is 9.91. The summed E-state index contributed by atoms with van der Waals surface area (Å²) in [5, 5.41) is 1.90. The number of hydrogen-bond donors (Lipinski definition) is 0. The van der Waals surface area contributed by atoms with Crippen LogP contribution >= 0.6 is 0 Å². The number of imidazole rings is 1. The van der Waals surface area contributed by atoms with E-state index in [9.17, 15) is 19.2 Å². The van der Waals surface area contributed by atoms with E-state index in [1.165, 1.54) is 4.90 Å². The van der Waals surface area contributed by atoms with Gasteiger partial charge in [-0.3, -0.25) is 14.5 Å². The Kier molecular flexibility index (Phi) is 9.52. The van der Waals surface area contributed by atoms with Gasteiger partial charge in [0, 0.05) is 63.8 Å². The summed E-state index contributed by atoms with van der Waals surface area (Å²) in [5.74, 6) is -0.389. The van der Waals surface area contributed by atoms with Crippen molar-refractivity contribution in [1.82, 2.24) is 29.2 Å². The van der Waals surface area contributed by atoms with E-state index in [4.69, 9.17) is 4.74 Å². The van der Waals surface area contributed by atoms with Crippen LogP contribution in [0.5, 0.6) is 0 Å². The number of piperazine rings is 1. The summed E-state index contributed by atoms with van der Waals surface area (Å²) in [6, 6.07) is 30.1. The van der Waals surface area contributed by atoms with Crippen LogP contribution in [-0.2, 0) is 34.8 Å². The average Bonchev–Trinajstić information content (AvgIpc) is 3.76. The fraction of sp³-hybridized carbons (Fsp3) is 0.275. The van der Waals surface area contributed by atoms with E-state index >= 15 is 0 Å². The standard InChI is InChI=1S/C40H40N6O5/c1-40(35-14-7-12-32-11-5-6-13-34(32)35)37(48)45(21-8-20-42-22-19-41-29-42)38(49)46(40)27-30-15-17-33(18-16-30)36(47)43-23-25-44(26-24-43)39(50)51-28-31-9-3-2-4-10-31/h2-7,9-19,22,29H,8,20-21,23-28H2,1H3. The summed E-state index contributed by atoms with van der Waals surface area (Å²) >= 11 is 0. The molecule has 1 aromatic heterocycles. The molecule has 2 fully saturated rings. The summed E-state index contributed by atoms with van der Waals surface area (Å²) in [6.07, 6.45) is 5.49. The molecule has 1 atom stereocenters. The van der Waals surface area contributed by atoms with Crippen molar-refractivity contribution in [1.29, 1.82) is 0 Å². The normalized spacial score (nSPS) is 17.7. The minimum Gasteiger partial charge on any atom is -0.445 e. The molecule has 11 heteroatoms. The lowest BCUT2D eigenvalue weighted by Gasteiger charge is -2.34. The summed E-state index contributed by atoms with van der Waals surface area (Å²) in [5.41, 5.74) is 1.75. The van der Waals surface area contributed by atoms with E-state index in [1.54, 1.807) is 39.4 Å². The molecule has 0 radical (unpaired) electrons. The third-order valence-corrected chi connectivity index (χ3v) is 9.91. The van der Waals surface area contributed by atoms with Gasteiger partial charge < -0.3 is 24.0 Å². The quantitative estimate of drug-likeness (QED) is 0.170. The van der Waals surface area contributed by atoms with Crippen molar-refractivity contribution in [3.05, 3.63) is 138 Å². The first kappa shape index (κ1) is 33.5.